The molecule has 1 heterocycles. The van der Waals surface area contributed by atoms with Gasteiger partial charge in [0.15, 0.2) is 0 Å². The maximum Gasteiger partial charge on any atom is 0.227 e. The molecule has 1 aromatic rings. The van der Waals surface area contributed by atoms with Crippen molar-refractivity contribution in [1.29, 1.82) is 0 Å². The smallest absolute Gasteiger partial charge is 0.227 e. The fourth-order valence-corrected chi connectivity index (χ4v) is 2.72. The molecule has 0 saturated heterocycles. The van der Waals surface area contributed by atoms with Crippen LogP contribution in [0.1, 0.15) is 4.88 Å². The highest BCUT2D eigenvalue weighted by Gasteiger charge is 2.14. The van der Waals surface area contributed by atoms with Crippen LogP contribution < -0.4 is 0 Å². The van der Waals surface area contributed by atoms with Crippen molar-refractivity contribution in [3.05, 3.63) is 22.4 Å². The van der Waals surface area contributed by atoms with Crippen molar-refractivity contribution in [3.8, 4) is 0 Å². The summed E-state index contributed by atoms with van der Waals surface area (Å²) in [4.78, 5) is 14.9. The van der Waals surface area contributed by atoms with Crippen LogP contribution in [0.15, 0.2) is 17.5 Å². The van der Waals surface area contributed by atoms with Crippen molar-refractivity contribution in [2.75, 3.05) is 27.3 Å². The molecule has 0 aliphatic carbocycles. The highest BCUT2D eigenvalue weighted by molar-refractivity contribution is 9.09. The molecule has 0 bridgehead atoms. The lowest BCUT2D eigenvalue weighted by Crippen LogP contribution is -2.34. The van der Waals surface area contributed by atoms with Crippen LogP contribution in [0.2, 0.25) is 0 Å². The molecular weight excluding hydrogens is 290 g/mol. The zero-order valence-electron chi connectivity index (χ0n) is 9.48. The summed E-state index contributed by atoms with van der Waals surface area (Å²) in [5, 5.41) is 1.99. The Balaban J connectivity index is 2.36. The minimum absolute atomic E-state index is 0.142. The molecule has 3 nitrogen and oxygen atoms in total. The third-order valence-electron chi connectivity index (χ3n) is 2.15. The van der Waals surface area contributed by atoms with Crippen molar-refractivity contribution in [3.63, 3.8) is 0 Å². The fourth-order valence-electron chi connectivity index (χ4n) is 1.33. The number of methoxy groups -OCH3 is 1. The van der Waals surface area contributed by atoms with Crippen molar-refractivity contribution < 1.29 is 9.53 Å². The number of amides is 1. The summed E-state index contributed by atoms with van der Waals surface area (Å²) in [5.41, 5.74) is 0. The van der Waals surface area contributed by atoms with Crippen LogP contribution in [-0.4, -0.2) is 42.9 Å². The van der Waals surface area contributed by atoms with Gasteiger partial charge in [-0.15, -0.1) is 11.3 Å². The highest BCUT2D eigenvalue weighted by atomic mass is 79.9. The van der Waals surface area contributed by atoms with Gasteiger partial charge in [-0.2, -0.15) is 0 Å². The average Bonchev–Trinajstić information content (AvgIpc) is 2.70. The Kier molecular flexibility index (Phi) is 6.01. The molecule has 0 N–H and O–H groups in total. The Morgan fingerprint density at radius 3 is 3.00 bits per heavy atom. The van der Waals surface area contributed by atoms with E-state index in [0.717, 1.165) is 4.88 Å². The topological polar surface area (TPSA) is 29.5 Å². The second-order valence-corrected chi connectivity index (χ2v) is 5.91. The average molecular weight is 306 g/mol. The molecule has 0 aliphatic heterocycles. The van der Waals surface area contributed by atoms with Crippen molar-refractivity contribution in [2.24, 2.45) is 0 Å². The van der Waals surface area contributed by atoms with E-state index in [1.165, 1.54) is 0 Å². The van der Waals surface area contributed by atoms with Crippen molar-refractivity contribution in [1.82, 2.24) is 4.90 Å². The normalized spacial score (nSPS) is 12.4. The number of alkyl halides is 1. The van der Waals surface area contributed by atoms with E-state index >= 15 is 0 Å². The molecule has 0 aromatic carbocycles. The van der Waals surface area contributed by atoms with Crippen LogP contribution in [0.3, 0.4) is 0 Å². The molecule has 0 fully saturated rings. The summed E-state index contributed by atoms with van der Waals surface area (Å²) in [5.74, 6) is 0.142. The predicted octanol–water partition coefficient (Wildman–Crippen LogP) is 2.16. The number of thiophene rings is 1. The molecule has 0 radical (unpaired) electrons. The molecule has 0 spiro atoms. The highest BCUT2D eigenvalue weighted by Crippen LogP contribution is 2.11. The number of hydrogen-bond acceptors (Lipinski definition) is 3. The molecule has 5 heteroatoms. The summed E-state index contributed by atoms with van der Waals surface area (Å²) in [6.45, 7) is 1.27. The number of nitrogens with zero attached hydrogens (tertiary/aromatic N) is 1. The molecule has 1 unspecified atom stereocenters. The van der Waals surface area contributed by atoms with Gasteiger partial charge in [-0.25, -0.2) is 0 Å². The predicted molar refractivity (Wildman–Crippen MR) is 70.3 cm³/mol. The van der Waals surface area contributed by atoms with Gasteiger partial charge in [0.2, 0.25) is 5.91 Å². The fraction of sp³-hybridized carbons (Fsp3) is 0.545. The number of carbonyl (C=O) groups is 1. The molecule has 16 heavy (non-hydrogen) atoms. The van der Waals surface area contributed by atoms with E-state index in [2.05, 4.69) is 15.9 Å². The van der Waals surface area contributed by atoms with Gasteiger partial charge in [-0.05, 0) is 11.4 Å². The zero-order valence-corrected chi connectivity index (χ0v) is 11.9. The zero-order chi connectivity index (χ0) is 12.0. The number of likely N-dealkylation sites (N-methyl/N-ethyl adjacent to an activating group) is 1. The van der Waals surface area contributed by atoms with Crippen molar-refractivity contribution in [2.45, 2.75) is 11.2 Å². The minimum atomic E-state index is 0.142. The molecule has 90 valence electrons. The van der Waals surface area contributed by atoms with E-state index in [4.69, 9.17) is 4.74 Å². The lowest BCUT2D eigenvalue weighted by Gasteiger charge is -2.19. The van der Waals surface area contributed by atoms with Crippen LogP contribution in [0.25, 0.3) is 0 Å². The monoisotopic (exact) mass is 305 g/mol. The Hall–Kier alpha value is -0.390. The van der Waals surface area contributed by atoms with E-state index in [-0.39, 0.29) is 10.7 Å². The van der Waals surface area contributed by atoms with Crippen LogP contribution in [0, 0.1) is 0 Å². The first-order chi connectivity index (χ1) is 7.63. The van der Waals surface area contributed by atoms with Gasteiger partial charge in [0.05, 0.1) is 17.9 Å². The van der Waals surface area contributed by atoms with Crippen LogP contribution in [0.4, 0.5) is 0 Å². The number of halogens is 1. The molecule has 0 saturated carbocycles. The Bertz CT molecular complexity index is 316. The Morgan fingerprint density at radius 1 is 1.69 bits per heavy atom. The summed E-state index contributed by atoms with van der Waals surface area (Å²) in [6.07, 6.45) is 0.487. The summed E-state index contributed by atoms with van der Waals surface area (Å²) in [6, 6.07) is 3.95. The number of carbonyl (C=O) groups excluding carboxylic acids is 1. The SMILES string of the molecule is COCC(Br)CN(C)C(=O)Cc1cccs1. The lowest BCUT2D eigenvalue weighted by atomic mass is 10.3. The van der Waals surface area contributed by atoms with Gasteiger partial charge >= 0.3 is 0 Å². The van der Waals surface area contributed by atoms with E-state index in [1.54, 1.807) is 23.3 Å². The molecule has 1 aromatic heterocycles. The minimum Gasteiger partial charge on any atom is -0.383 e. The van der Waals surface area contributed by atoms with Crippen molar-refractivity contribution >= 4 is 33.2 Å². The van der Waals surface area contributed by atoms with Gasteiger partial charge in [-0.1, -0.05) is 22.0 Å². The Labute approximate surface area is 109 Å². The second-order valence-electron chi connectivity index (χ2n) is 3.58. The maximum absolute atomic E-state index is 11.8. The van der Waals surface area contributed by atoms with Gasteiger partial charge < -0.3 is 9.64 Å². The van der Waals surface area contributed by atoms with E-state index in [1.807, 2.05) is 24.6 Å². The summed E-state index contributed by atoms with van der Waals surface area (Å²) < 4.78 is 5.01. The second kappa shape index (κ2) is 7.04. The largest absolute Gasteiger partial charge is 0.383 e. The summed E-state index contributed by atoms with van der Waals surface area (Å²) >= 11 is 5.08. The number of hydrogen-bond donors (Lipinski definition) is 0. The first-order valence-electron chi connectivity index (χ1n) is 5.03. The van der Waals surface area contributed by atoms with E-state index in [0.29, 0.717) is 19.6 Å². The van der Waals surface area contributed by atoms with Crippen LogP contribution >= 0.6 is 27.3 Å². The van der Waals surface area contributed by atoms with Crippen LogP contribution in [-0.2, 0) is 16.0 Å². The molecule has 1 amide bonds. The number of ether oxygens (including phenoxy) is 1. The van der Waals surface area contributed by atoms with Gasteiger partial charge in [0.1, 0.15) is 0 Å². The molecule has 1 atom stereocenters. The molecule has 1 rings (SSSR count). The number of rotatable bonds is 6. The third kappa shape index (κ3) is 4.63. The standard InChI is InChI=1S/C11H16BrNO2S/c1-13(7-9(12)8-15-2)11(14)6-10-4-3-5-16-10/h3-5,9H,6-8H2,1-2H3. The van der Waals surface area contributed by atoms with Crippen LogP contribution in [0.5, 0.6) is 0 Å². The Morgan fingerprint density at radius 2 is 2.44 bits per heavy atom. The van der Waals surface area contributed by atoms with E-state index < -0.39 is 0 Å². The van der Waals surface area contributed by atoms with Gasteiger partial charge in [0, 0.05) is 25.6 Å². The molecule has 0 aliphatic rings. The first-order valence-corrected chi connectivity index (χ1v) is 6.82. The third-order valence-corrected chi connectivity index (χ3v) is 3.58. The van der Waals surface area contributed by atoms with Gasteiger partial charge in [-0.3, -0.25) is 4.79 Å². The van der Waals surface area contributed by atoms with E-state index in [9.17, 15) is 4.79 Å². The quantitative estimate of drug-likeness (QED) is 0.754. The maximum atomic E-state index is 11.8. The molecular formula is C11H16BrNO2S. The van der Waals surface area contributed by atoms with Gasteiger partial charge in [0.25, 0.3) is 0 Å². The summed E-state index contributed by atoms with van der Waals surface area (Å²) in [7, 11) is 3.47. The lowest BCUT2D eigenvalue weighted by molar-refractivity contribution is -0.129. The first kappa shape index (κ1) is 13.7.